The first kappa shape index (κ1) is 13.8. The zero-order valence-electron chi connectivity index (χ0n) is 9.86. The largest absolute Gasteiger partial charge is 0.338 e. The zero-order chi connectivity index (χ0) is 10.7. The minimum atomic E-state index is 0. The van der Waals surface area contributed by atoms with Crippen LogP contribution >= 0.6 is 12.4 Å². The van der Waals surface area contributed by atoms with Gasteiger partial charge in [-0.2, -0.15) is 0 Å². The third-order valence-corrected chi connectivity index (χ3v) is 3.66. The van der Waals surface area contributed by atoms with Gasteiger partial charge in [0.15, 0.2) is 0 Å². The van der Waals surface area contributed by atoms with Gasteiger partial charge in [-0.25, -0.2) is 0 Å². The maximum absolute atomic E-state index is 11.8. The fourth-order valence-electron chi connectivity index (χ4n) is 2.54. The van der Waals surface area contributed by atoms with Crippen LogP contribution in [0.15, 0.2) is 0 Å². The first-order valence-electron chi connectivity index (χ1n) is 6.31. The molecule has 0 radical (unpaired) electrons. The Bertz CT molecular complexity index is 225. The van der Waals surface area contributed by atoms with E-state index >= 15 is 0 Å². The van der Waals surface area contributed by atoms with E-state index in [0.29, 0.717) is 6.04 Å². The molecule has 0 atom stereocenters. The normalized spacial score (nSPS) is 21.3. The molecular weight excluding hydrogens is 224 g/mol. The summed E-state index contributed by atoms with van der Waals surface area (Å²) in [5.74, 6) is 0.941. The molecular formula is C12H23ClN2O. The van der Waals surface area contributed by atoms with Crippen LogP contribution in [-0.4, -0.2) is 29.9 Å². The maximum atomic E-state index is 11.8. The number of hydrogen-bond acceptors (Lipinski definition) is 2. The molecule has 1 amide bonds. The predicted octanol–water partition coefficient (Wildman–Crippen LogP) is 1.94. The van der Waals surface area contributed by atoms with E-state index in [-0.39, 0.29) is 24.9 Å². The Labute approximate surface area is 104 Å². The SMILES string of the molecule is Cl.NCC(=O)N(CC1CC1)C1CCCCC1. The quantitative estimate of drug-likeness (QED) is 0.824. The van der Waals surface area contributed by atoms with Crippen molar-refractivity contribution in [1.82, 2.24) is 4.90 Å². The summed E-state index contributed by atoms with van der Waals surface area (Å²) in [5, 5.41) is 0. The third-order valence-electron chi connectivity index (χ3n) is 3.66. The monoisotopic (exact) mass is 246 g/mol. The summed E-state index contributed by atoms with van der Waals surface area (Å²) in [6.07, 6.45) is 8.90. The van der Waals surface area contributed by atoms with Gasteiger partial charge in [0.1, 0.15) is 0 Å². The van der Waals surface area contributed by atoms with Gasteiger partial charge in [0.2, 0.25) is 5.91 Å². The summed E-state index contributed by atoms with van der Waals surface area (Å²) in [7, 11) is 0. The molecule has 16 heavy (non-hydrogen) atoms. The van der Waals surface area contributed by atoms with Crippen LogP contribution in [-0.2, 0) is 4.79 Å². The Morgan fingerprint density at radius 1 is 1.12 bits per heavy atom. The number of hydrogen-bond donors (Lipinski definition) is 1. The fraction of sp³-hybridized carbons (Fsp3) is 0.917. The number of rotatable bonds is 4. The third kappa shape index (κ3) is 3.63. The molecule has 0 heterocycles. The van der Waals surface area contributed by atoms with Crippen molar-refractivity contribution in [2.45, 2.75) is 51.0 Å². The van der Waals surface area contributed by atoms with Gasteiger partial charge in [0, 0.05) is 12.6 Å². The van der Waals surface area contributed by atoms with Gasteiger partial charge in [-0.1, -0.05) is 19.3 Å². The molecule has 0 saturated heterocycles. The summed E-state index contributed by atoms with van der Waals surface area (Å²) >= 11 is 0. The van der Waals surface area contributed by atoms with Gasteiger partial charge in [-0.3, -0.25) is 4.79 Å². The molecule has 2 aliphatic rings. The molecule has 4 heteroatoms. The van der Waals surface area contributed by atoms with Crippen molar-refractivity contribution in [3.05, 3.63) is 0 Å². The first-order chi connectivity index (χ1) is 7.31. The number of nitrogens with zero attached hydrogens (tertiary/aromatic N) is 1. The smallest absolute Gasteiger partial charge is 0.236 e. The number of carbonyl (C=O) groups excluding carboxylic acids is 1. The van der Waals surface area contributed by atoms with Crippen LogP contribution < -0.4 is 5.73 Å². The Morgan fingerprint density at radius 3 is 2.25 bits per heavy atom. The lowest BCUT2D eigenvalue weighted by Crippen LogP contribution is -2.45. The van der Waals surface area contributed by atoms with Gasteiger partial charge in [0.25, 0.3) is 0 Å². The van der Waals surface area contributed by atoms with Crippen molar-refractivity contribution < 1.29 is 4.79 Å². The molecule has 3 nitrogen and oxygen atoms in total. The molecule has 0 bridgehead atoms. The van der Waals surface area contributed by atoms with Gasteiger partial charge < -0.3 is 10.6 Å². The first-order valence-corrected chi connectivity index (χ1v) is 6.31. The van der Waals surface area contributed by atoms with E-state index in [0.717, 1.165) is 12.5 Å². The van der Waals surface area contributed by atoms with Crippen LogP contribution in [0.5, 0.6) is 0 Å². The second-order valence-corrected chi connectivity index (χ2v) is 4.99. The van der Waals surface area contributed by atoms with Crippen LogP contribution in [0.3, 0.4) is 0 Å². The number of halogens is 1. The van der Waals surface area contributed by atoms with Crippen molar-refractivity contribution >= 4 is 18.3 Å². The molecule has 2 aliphatic carbocycles. The Balaban J connectivity index is 0.00000128. The summed E-state index contributed by atoms with van der Waals surface area (Å²) in [5.41, 5.74) is 5.48. The number of amides is 1. The highest BCUT2D eigenvalue weighted by molar-refractivity contribution is 5.85. The second-order valence-electron chi connectivity index (χ2n) is 4.99. The van der Waals surface area contributed by atoms with Gasteiger partial charge in [0.05, 0.1) is 6.54 Å². The Morgan fingerprint density at radius 2 is 1.75 bits per heavy atom. The molecule has 94 valence electrons. The van der Waals surface area contributed by atoms with Crippen LogP contribution in [0.4, 0.5) is 0 Å². The molecule has 0 aromatic carbocycles. The molecule has 0 aromatic heterocycles. The van der Waals surface area contributed by atoms with E-state index < -0.39 is 0 Å². The van der Waals surface area contributed by atoms with Crippen molar-refractivity contribution in [3.8, 4) is 0 Å². The second kappa shape index (κ2) is 6.45. The average molecular weight is 247 g/mol. The highest BCUT2D eigenvalue weighted by Crippen LogP contribution is 2.32. The minimum Gasteiger partial charge on any atom is -0.338 e. The number of nitrogens with two attached hydrogens (primary N) is 1. The molecule has 2 N–H and O–H groups in total. The van der Waals surface area contributed by atoms with Crippen molar-refractivity contribution in [2.24, 2.45) is 11.7 Å². The van der Waals surface area contributed by atoms with Crippen LogP contribution in [0.2, 0.25) is 0 Å². The predicted molar refractivity (Wildman–Crippen MR) is 67.6 cm³/mol. The lowest BCUT2D eigenvalue weighted by atomic mass is 9.94. The lowest BCUT2D eigenvalue weighted by Gasteiger charge is -2.34. The van der Waals surface area contributed by atoms with E-state index in [4.69, 9.17) is 5.73 Å². The summed E-state index contributed by atoms with van der Waals surface area (Å²) in [6.45, 7) is 1.16. The molecule has 0 unspecified atom stereocenters. The molecule has 2 saturated carbocycles. The average Bonchev–Trinajstić information content (AvgIpc) is 3.10. The van der Waals surface area contributed by atoms with E-state index in [1.165, 1.54) is 44.9 Å². The van der Waals surface area contributed by atoms with Crippen LogP contribution in [0, 0.1) is 5.92 Å². The van der Waals surface area contributed by atoms with Crippen LogP contribution in [0.25, 0.3) is 0 Å². The van der Waals surface area contributed by atoms with Gasteiger partial charge >= 0.3 is 0 Å². The highest BCUT2D eigenvalue weighted by atomic mass is 35.5. The van der Waals surface area contributed by atoms with E-state index in [1.54, 1.807) is 0 Å². The zero-order valence-corrected chi connectivity index (χ0v) is 10.7. The Hall–Kier alpha value is -0.280. The summed E-state index contributed by atoms with van der Waals surface area (Å²) in [4.78, 5) is 13.9. The highest BCUT2D eigenvalue weighted by Gasteiger charge is 2.30. The topological polar surface area (TPSA) is 46.3 Å². The summed E-state index contributed by atoms with van der Waals surface area (Å²) < 4.78 is 0. The van der Waals surface area contributed by atoms with Gasteiger partial charge in [-0.15, -0.1) is 12.4 Å². The maximum Gasteiger partial charge on any atom is 0.236 e. The van der Waals surface area contributed by atoms with Crippen LogP contribution in [0.1, 0.15) is 44.9 Å². The standard InChI is InChI=1S/C12H22N2O.ClH/c13-8-12(15)14(9-10-6-7-10)11-4-2-1-3-5-11;/h10-11H,1-9,13H2;1H. The molecule has 0 aromatic rings. The molecule has 2 fully saturated rings. The fourth-order valence-corrected chi connectivity index (χ4v) is 2.54. The van der Waals surface area contributed by atoms with Gasteiger partial charge in [-0.05, 0) is 31.6 Å². The molecule has 0 aliphatic heterocycles. The van der Waals surface area contributed by atoms with E-state index in [9.17, 15) is 4.79 Å². The molecule has 2 rings (SSSR count). The van der Waals surface area contributed by atoms with Crippen molar-refractivity contribution in [2.75, 3.05) is 13.1 Å². The minimum absolute atomic E-state index is 0. The van der Waals surface area contributed by atoms with E-state index in [2.05, 4.69) is 4.90 Å². The van der Waals surface area contributed by atoms with Crippen molar-refractivity contribution in [3.63, 3.8) is 0 Å². The Kier molecular flexibility index (Phi) is 5.56. The van der Waals surface area contributed by atoms with E-state index in [1.807, 2.05) is 0 Å². The lowest BCUT2D eigenvalue weighted by molar-refractivity contribution is -0.132. The molecule has 0 spiro atoms. The number of carbonyl (C=O) groups is 1. The van der Waals surface area contributed by atoms with Crippen molar-refractivity contribution in [1.29, 1.82) is 0 Å². The summed E-state index contributed by atoms with van der Waals surface area (Å²) in [6, 6.07) is 0.496.